The van der Waals surface area contributed by atoms with Crippen molar-refractivity contribution in [3.63, 3.8) is 0 Å². The van der Waals surface area contributed by atoms with Gasteiger partial charge in [-0.3, -0.25) is 9.59 Å². The van der Waals surface area contributed by atoms with E-state index in [0.29, 0.717) is 16.1 Å². The van der Waals surface area contributed by atoms with Crippen LogP contribution in [0.3, 0.4) is 0 Å². The zero-order valence-corrected chi connectivity index (χ0v) is 15.2. The van der Waals surface area contributed by atoms with Gasteiger partial charge in [0, 0.05) is 23.1 Å². The fraction of sp³-hybridized carbons (Fsp3) is 0.143. The third kappa shape index (κ3) is 2.98. The fourth-order valence-corrected chi connectivity index (χ4v) is 3.46. The minimum absolute atomic E-state index is 0.244. The van der Waals surface area contributed by atoms with Crippen LogP contribution in [-0.4, -0.2) is 11.8 Å². The minimum atomic E-state index is -1.57. The van der Waals surface area contributed by atoms with Crippen molar-refractivity contribution in [1.82, 2.24) is 0 Å². The van der Waals surface area contributed by atoms with E-state index in [-0.39, 0.29) is 11.5 Å². The molecule has 0 saturated heterocycles. The number of nitrogens with two attached hydrogens (primary N) is 1. The molecule has 3 rings (SSSR count). The van der Waals surface area contributed by atoms with Crippen LogP contribution < -0.4 is 10.5 Å². The normalized spacial score (nSPS) is 13.2. The highest BCUT2D eigenvalue weighted by Gasteiger charge is 2.40. The van der Waals surface area contributed by atoms with Gasteiger partial charge in [0.2, 0.25) is 0 Å². The summed E-state index contributed by atoms with van der Waals surface area (Å²) in [5, 5.41) is 1.97. The Hall–Kier alpha value is -2.69. The second kappa shape index (κ2) is 6.90. The molecular formula is C21H18ClNO3. The number of hydrogen-bond donors (Lipinski definition) is 1. The summed E-state index contributed by atoms with van der Waals surface area (Å²) in [6, 6.07) is 17.9. The van der Waals surface area contributed by atoms with E-state index in [1.165, 1.54) is 13.8 Å². The summed E-state index contributed by atoms with van der Waals surface area (Å²) in [7, 11) is 0. The van der Waals surface area contributed by atoms with E-state index >= 15 is 0 Å². The molecule has 0 aromatic heterocycles. The van der Waals surface area contributed by atoms with Gasteiger partial charge in [0.15, 0.2) is 5.78 Å². The molecule has 4 nitrogen and oxygen atoms in total. The third-order valence-corrected chi connectivity index (χ3v) is 4.72. The van der Waals surface area contributed by atoms with Gasteiger partial charge in [-0.25, -0.2) is 0 Å². The molecule has 3 aromatic carbocycles. The van der Waals surface area contributed by atoms with Crippen molar-refractivity contribution in [2.24, 2.45) is 5.73 Å². The lowest BCUT2D eigenvalue weighted by Gasteiger charge is -2.31. The fourth-order valence-electron chi connectivity index (χ4n) is 3.18. The van der Waals surface area contributed by atoms with E-state index in [1.54, 1.807) is 30.3 Å². The van der Waals surface area contributed by atoms with Crippen LogP contribution in [0.5, 0.6) is 5.75 Å². The highest BCUT2D eigenvalue weighted by Crippen LogP contribution is 2.42. The van der Waals surface area contributed by atoms with E-state index in [4.69, 9.17) is 22.1 Å². The highest BCUT2D eigenvalue weighted by molar-refractivity contribution is 6.32. The Morgan fingerprint density at radius 3 is 2.27 bits per heavy atom. The summed E-state index contributed by atoms with van der Waals surface area (Å²) in [5.41, 5.74) is 6.02. The standard InChI is InChI=1S/C21H18ClNO3/c1-13(24)21(23,17-9-5-6-10-18(17)22)20-16-8-4-3-7-15(16)11-12-19(20)26-14(2)25/h3-12H,23H2,1-2H3. The number of Topliss-reactive ketones (excluding diaryl/α,β-unsaturated/α-hetero) is 1. The van der Waals surface area contributed by atoms with Gasteiger partial charge in [-0.2, -0.15) is 0 Å². The van der Waals surface area contributed by atoms with Gasteiger partial charge in [0.25, 0.3) is 0 Å². The first-order valence-electron chi connectivity index (χ1n) is 8.11. The third-order valence-electron chi connectivity index (χ3n) is 4.39. The molecule has 0 radical (unpaired) electrons. The summed E-state index contributed by atoms with van der Waals surface area (Å²) in [4.78, 5) is 24.4. The SMILES string of the molecule is CC(=O)Oc1ccc2ccccc2c1C(N)(C(C)=O)c1ccccc1Cl. The Balaban J connectivity index is 2.44. The largest absolute Gasteiger partial charge is 0.426 e. The Bertz CT molecular complexity index is 1020. The average molecular weight is 368 g/mol. The van der Waals surface area contributed by atoms with Crippen molar-refractivity contribution in [3.8, 4) is 5.75 Å². The van der Waals surface area contributed by atoms with Crippen LogP contribution in [0.4, 0.5) is 0 Å². The molecule has 3 aromatic rings. The second-order valence-corrected chi connectivity index (χ2v) is 6.50. The molecule has 0 heterocycles. The molecule has 0 bridgehead atoms. The van der Waals surface area contributed by atoms with E-state index in [9.17, 15) is 9.59 Å². The molecule has 132 valence electrons. The molecule has 0 aliphatic heterocycles. The van der Waals surface area contributed by atoms with Crippen molar-refractivity contribution in [2.75, 3.05) is 0 Å². The topological polar surface area (TPSA) is 69.4 Å². The molecule has 0 spiro atoms. The summed E-state index contributed by atoms with van der Waals surface area (Å²) >= 11 is 6.37. The van der Waals surface area contributed by atoms with Gasteiger partial charge in [0.05, 0.1) is 0 Å². The van der Waals surface area contributed by atoms with E-state index in [0.717, 1.165) is 10.8 Å². The van der Waals surface area contributed by atoms with E-state index in [1.807, 2.05) is 30.3 Å². The number of esters is 1. The van der Waals surface area contributed by atoms with E-state index < -0.39 is 11.5 Å². The second-order valence-electron chi connectivity index (χ2n) is 6.10. The number of carbonyl (C=O) groups excluding carboxylic acids is 2. The van der Waals surface area contributed by atoms with Crippen molar-refractivity contribution in [3.05, 3.63) is 76.8 Å². The molecule has 0 fully saturated rings. The lowest BCUT2D eigenvalue weighted by molar-refractivity contribution is -0.132. The van der Waals surface area contributed by atoms with E-state index in [2.05, 4.69) is 0 Å². The number of ketones is 1. The van der Waals surface area contributed by atoms with Gasteiger partial charge in [-0.05, 0) is 29.8 Å². The number of rotatable bonds is 4. The molecule has 0 amide bonds. The van der Waals surface area contributed by atoms with Crippen LogP contribution in [0.2, 0.25) is 5.02 Å². The van der Waals surface area contributed by atoms with Crippen LogP contribution in [0.15, 0.2) is 60.7 Å². The quantitative estimate of drug-likeness (QED) is 0.554. The molecular weight excluding hydrogens is 350 g/mol. The Morgan fingerprint density at radius 2 is 1.62 bits per heavy atom. The maximum absolute atomic E-state index is 12.8. The summed E-state index contributed by atoms with van der Waals surface area (Å²) in [6.45, 7) is 2.71. The highest BCUT2D eigenvalue weighted by atomic mass is 35.5. The zero-order chi connectivity index (χ0) is 18.9. The predicted octanol–water partition coefficient (Wildman–Crippen LogP) is 4.21. The molecule has 26 heavy (non-hydrogen) atoms. The van der Waals surface area contributed by atoms with Crippen LogP contribution in [-0.2, 0) is 15.1 Å². The molecule has 0 aliphatic carbocycles. The van der Waals surface area contributed by atoms with Gasteiger partial charge in [0.1, 0.15) is 11.3 Å². The van der Waals surface area contributed by atoms with Crippen molar-refractivity contribution in [2.45, 2.75) is 19.4 Å². The summed E-state index contributed by atoms with van der Waals surface area (Å²) in [5.74, 6) is -0.559. The Kier molecular flexibility index (Phi) is 4.81. The first-order chi connectivity index (χ1) is 12.4. The number of halogens is 1. The van der Waals surface area contributed by atoms with Crippen molar-refractivity contribution >= 4 is 34.1 Å². The van der Waals surface area contributed by atoms with Gasteiger partial charge >= 0.3 is 5.97 Å². The average Bonchev–Trinajstić information content (AvgIpc) is 2.60. The molecule has 1 unspecified atom stereocenters. The number of ether oxygens (including phenoxy) is 1. The van der Waals surface area contributed by atoms with Gasteiger partial charge < -0.3 is 10.5 Å². The molecule has 1 atom stereocenters. The number of benzene rings is 3. The van der Waals surface area contributed by atoms with Crippen LogP contribution >= 0.6 is 11.6 Å². The minimum Gasteiger partial charge on any atom is -0.426 e. The molecule has 0 saturated carbocycles. The van der Waals surface area contributed by atoms with Crippen LogP contribution in [0, 0.1) is 0 Å². The lowest BCUT2D eigenvalue weighted by atomic mass is 9.78. The smallest absolute Gasteiger partial charge is 0.308 e. The van der Waals surface area contributed by atoms with Crippen LogP contribution in [0.25, 0.3) is 10.8 Å². The van der Waals surface area contributed by atoms with Gasteiger partial charge in [-0.15, -0.1) is 0 Å². The number of hydrogen-bond acceptors (Lipinski definition) is 4. The maximum atomic E-state index is 12.8. The monoisotopic (exact) mass is 367 g/mol. The molecule has 5 heteroatoms. The summed E-state index contributed by atoms with van der Waals surface area (Å²) in [6.07, 6.45) is 0. The first kappa shape index (κ1) is 18.1. The van der Waals surface area contributed by atoms with Gasteiger partial charge in [-0.1, -0.05) is 60.1 Å². The molecule has 2 N–H and O–H groups in total. The lowest BCUT2D eigenvalue weighted by Crippen LogP contribution is -2.45. The van der Waals surface area contributed by atoms with Crippen molar-refractivity contribution < 1.29 is 14.3 Å². The van der Waals surface area contributed by atoms with Crippen molar-refractivity contribution in [1.29, 1.82) is 0 Å². The Labute approximate surface area is 156 Å². The Morgan fingerprint density at radius 1 is 0.962 bits per heavy atom. The van der Waals surface area contributed by atoms with Crippen LogP contribution in [0.1, 0.15) is 25.0 Å². The first-order valence-corrected chi connectivity index (χ1v) is 8.49. The maximum Gasteiger partial charge on any atom is 0.308 e. The zero-order valence-electron chi connectivity index (χ0n) is 14.5. The number of fused-ring (bicyclic) bond motifs is 1. The summed E-state index contributed by atoms with van der Waals surface area (Å²) < 4.78 is 5.40. The predicted molar refractivity (Wildman–Crippen MR) is 102 cm³/mol. The molecule has 0 aliphatic rings. The number of carbonyl (C=O) groups is 2.